The topological polar surface area (TPSA) is 44.1 Å². The fourth-order valence-electron chi connectivity index (χ4n) is 1.52. The van der Waals surface area contributed by atoms with Crippen molar-refractivity contribution in [2.75, 3.05) is 0 Å². The highest BCUT2D eigenvalue weighted by molar-refractivity contribution is 14.1. The molecule has 0 N–H and O–H groups in total. The van der Waals surface area contributed by atoms with Gasteiger partial charge in [0, 0.05) is 13.2 Å². The van der Waals surface area contributed by atoms with Crippen molar-refractivity contribution in [1.29, 1.82) is 0 Å². The van der Waals surface area contributed by atoms with Gasteiger partial charge in [-0.1, -0.05) is 52.9 Å². The number of aryl methyl sites for hydroxylation is 1. The van der Waals surface area contributed by atoms with Crippen LogP contribution in [-0.2, 0) is 23.2 Å². The first kappa shape index (κ1) is 13.1. The summed E-state index contributed by atoms with van der Waals surface area (Å²) in [5.74, 6) is -0.233. The molecule has 0 aliphatic rings. The van der Waals surface area contributed by atoms with E-state index in [4.69, 9.17) is 4.74 Å². The fourth-order valence-corrected chi connectivity index (χ4v) is 2.11. The zero-order valence-corrected chi connectivity index (χ0v) is 12.1. The number of nitrogens with zero attached hydrogens (tertiary/aromatic N) is 2. The summed E-state index contributed by atoms with van der Waals surface area (Å²) in [5.41, 5.74) is 1.83. The third kappa shape index (κ3) is 3.10. The highest BCUT2D eigenvalue weighted by Gasteiger charge is 2.18. The van der Waals surface area contributed by atoms with Gasteiger partial charge in [0.05, 0.1) is 5.69 Å². The number of carbonyl (C=O) groups is 1. The Balaban J connectivity index is 1.95. The molecule has 1 aromatic carbocycles. The molecule has 0 aliphatic heterocycles. The molecule has 2 aromatic rings. The lowest BCUT2D eigenvalue weighted by Crippen LogP contribution is -2.12. The van der Waals surface area contributed by atoms with Crippen LogP contribution in [0.3, 0.4) is 0 Å². The molecule has 0 fully saturated rings. The van der Waals surface area contributed by atoms with E-state index in [2.05, 4.69) is 27.7 Å². The number of benzene rings is 1. The summed E-state index contributed by atoms with van der Waals surface area (Å²) in [5, 5.41) is 4.02. The van der Waals surface area contributed by atoms with Crippen molar-refractivity contribution in [3.05, 3.63) is 53.9 Å². The average Bonchev–Trinajstić information content (AvgIpc) is 2.81. The van der Waals surface area contributed by atoms with E-state index in [0.29, 0.717) is 0 Å². The molecule has 5 heteroatoms. The van der Waals surface area contributed by atoms with Gasteiger partial charge in [0.25, 0.3) is 0 Å². The Hall–Kier alpha value is -1.37. The van der Waals surface area contributed by atoms with Crippen LogP contribution in [-0.4, -0.2) is 15.7 Å². The molecular formula is C13H13IN2O2. The van der Waals surface area contributed by atoms with Gasteiger partial charge in [-0.2, -0.15) is 5.10 Å². The molecular weight excluding hydrogens is 343 g/mol. The van der Waals surface area contributed by atoms with Crippen molar-refractivity contribution in [3.63, 3.8) is 0 Å². The first-order valence-corrected chi connectivity index (χ1v) is 6.75. The molecule has 0 radical (unpaired) electrons. The van der Waals surface area contributed by atoms with Crippen LogP contribution < -0.4 is 0 Å². The Bertz CT molecular complexity index is 525. The van der Waals surface area contributed by atoms with Crippen LogP contribution in [0.1, 0.15) is 15.2 Å². The molecule has 0 saturated carbocycles. The minimum Gasteiger partial charge on any atom is -0.458 e. The van der Waals surface area contributed by atoms with Crippen molar-refractivity contribution in [2.24, 2.45) is 7.05 Å². The SMILES string of the molecule is Cn1nccc1COC(=O)C(I)c1ccccc1. The number of halogens is 1. The van der Waals surface area contributed by atoms with Crippen LogP contribution in [0.15, 0.2) is 42.6 Å². The molecule has 0 amide bonds. The monoisotopic (exact) mass is 356 g/mol. The first-order valence-electron chi connectivity index (χ1n) is 5.51. The van der Waals surface area contributed by atoms with E-state index in [1.165, 1.54) is 0 Å². The van der Waals surface area contributed by atoms with Gasteiger partial charge in [0.1, 0.15) is 10.5 Å². The van der Waals surface area contributed by atoms with Gasteiger partial charge >= 0.3 is 5.97 Å². The lowest BCUT2D eigenvalue weighted by Gasteiger charge is -2.10. The zero-order chi connectivity index (χ0) is 13.0. The van der Waals surface area contributed by atoms with Gasteiger partial charge in [0.2, 0.25) is 0 Å². The lowest BCUT2D eigenvalue weighted by atomic mass is 10.1. The van der Waals surface area contributed by atoms with E-state index in [1.807, 2.05) is 43.4 Å². The summed E-state index contributed by atoms with van der Waals surface area (Å²) in [6.45, 7) is 0.252. The minimum absolute atomic E-state index is 0.233. The average molecular weight is 356 g/mol. The van der Waals surface area contributed by atoms with Crippen LogP contribution in [0.5, 0.6) is 0 Å². The number of alkyl halides is 1. The molecule has 0 aliphatic carbocycles. The second-order valence-corrected chi connectivity index (χ2v) is 5.07. The summed E-state index contributed by atoms with van der Waals surface area (Å²) < 4.78 is 6.69. The highest BCUT2D eigenvalue weighted by Crippen LogP contribution is 2.24. The van der Waals surface area contributed by atoms with Crippen LogP contribution in [0.25, 0.3) is 0 Å². The van der Waals surface area contributed by atoms with Crippen LogP contribution in [0.4, 0.5) is 0 Å². The number of aromatic nitrogens is 2. The number of hydrogen-bond donors (Lipinski definition) is 0. The molecule has 1 heterocycles. The molecule has 94 valence electrons. The van der Waals surface area contributed by atoms with E-state index >= 15 is 0 Å². The lowest BCUT2D eigenvalue weighted by molar-refractivity contribution is -0.144. The Kier molecular flexibility index (Phi) is 4.35. The number of carbonyl (C=O) groups excluding carboxylic acids is 1. The number of rotatable bonds is 4. The van der Waals surface area contributed by atoms with Crippen molar-refractivity contribution < 1.29 is 9.53 Å². The molecule has 1 atom stereocenters. The first-order chi connectivity index (χ1) is 8.68. The van der Waals surface area contributed by atoms with Crippen LogP contribution in [0.2, 0.25) is 0 Å². The fraction of sp³-hybridized carbons (Fsp3) is 0.231. The molecule has 0 saturated heterocycles. The number of ether oxygens (including phenoxy) is 1. The van der Waals surface area contributed by atoms with Crippen molar-refractivity contribution in [3.8, 4) is 0 Å². The summed E-state index contributed by atoms with van der Waals surface area (Å²) in [4.78, 5) is 11.9. The van der Waals surface area contributed by atoms with Crippen molar-refractivity contribution >= 4 is 28.6 Å². The number of esters is 1. The van der Waals surface area contributed by atoms with Gasteiger partial charge in [-0.15, -0.1) is 0 Å². The quantitative estimate of drug-likeness (QED) is 0.481. The second kappa shape index (κ2) is 5.99. The highest BCUT2D eigenvalue weighted by atomic mass is 127. The van der Waals surface area contributed by atoms with Crippen LogP contribution >= 0.6 is 22.6 Å². The Morgan fingerprint density at radius 3 is 2.72 bits per heavy atom. The van der Waals surface area contributed by atoms with E-state index in [1.54, 1.807) is 10.9 Å². The van der Waals surface area contributed by atoms with Crippen LogP contribution in [0, 0.1) is 0 Å². The van der Waals surface area contributed by atoms with E-state index in [9.17, 15) is 4.79 Å². The van der Waals surface area contributed by atoms with Gasteiger partial charge < -0.3 is 4.74 Å². The van der Waals surface area contributed by atoms with Gasteiger partial charge in [-0.05, 0) is 11.6 Å². The molecule has 1 aromatic heterocycles. The summed E-state index contributed by atoms with van der Waals surface area (Å²) >= 11 is 2.09. The van der Waals surface area contributed by atoms with Gasteiger partial charge in [-0.3, -0.25) is 9.48 Å². The molecule has 1 unspecified atom stereocenters. The maximum Gasteiger partial charge on any atom is 0.323 e. The zero-order valence-electron chi connectivity index (χ0n) is 9.91. The Morgan fingerprint density at radius 1 is 1.39 bits per heavy atom. The second-order valence-electron chi connectivity index (χ2n) is 3.83. The summed E-state index contributed by atoms with van der Waals surface area (Å²) in [7, 11) is 1.82. The predicted molar refractivity (Wildman–Crippen MR) is 76.2 cm³/mol. The third-order valence-electron chi connectivity index (χ3n) is 2.58. The minimum atomic E-state index is -0.281. The van der Waals surface area contributed by atoms with Crippen molar-refractivity contribution in [2.45, 2.75) is 10.5 Å². The number of hydrogen-bond acceptors (Lipinski definition) is 3. The summed E-state index contributed by atoms with van der Waals surface area (Å²) in [6, 6.07) is 11.4. The smallest absolute Gasteiger partial charge is 0.323 e. The molecule has 2 rings (SSSR count). The summed E-state index contributed by atoms with van der Waals surface area (Å²) in [6.07, 6.45) is 1.68. The Labute approximate surface area is 119 Å². The van der Waals surface area contributed by atoms with Gasteiger partial charge in [-0.25, -0.2) is 0 Å². The van der Waals surface area contributed by atoms with E-state index in [0.717, 1.165) is 11.3 Å². The molecule has 0 spiro atoms. The normalized spacial score (nSPS) is 12.1. The molecule has 18 heavy (non-hydrogen) atoms. The van der Waals surface area contributed by atoms with E-state index in [-0.39, 0.29) is 16.5 Å². The van der Waals surface area contributed by atoms with E-state index < -0.39 is 0 Å². The Morgan fingerprint density at radius 2 is 2.11 bits per heavy atom. The largest absolute Gasteiger partial charge is 0.458 e. The predicted octanol–water partition coefficient (Wildman–Crippen LogP) is 2.64. The van der Waals surface area contributed by atoms with Gasteiger partial charge in [0.15, 0.2) is 0 Å². The maximum atomic E-state index is 11.9. The van der Waals surface area contributed by atoms with Crippen molar-refractivity contribution in [1.82, 2.24) is 9.78 Å². The standard InChI is InChI=1S/C13H13IN2O2/c1-16-11(7-8-15-16)9-18-13(17)12(14)10-5-3-2-4-6-10/h2-8,12H,9H2,1H3. The third-order valence-corrected chi connectivity index (χ3v) is 3.81. The molecule has 0 bridgehead atoms. The molecule has 4 nitrogen and oxygen atoms in total. The maximum absolute atomic E-state index is 11.9.